The summed E-state index contributed by atoms with van der Waals surface area (Å²) >= 11 is 0. The van der Waals surface area contributed by atoms with Gasteiger partial charge in [0.15, 0.2) is 11.9 Å². The SMILES string of the molecule is Cc1ccc(S(=O)(=O)N(C)c2c(C(=O)NC(C(=O)O)C(C)O)cnn2C)cc1. The zero-order valence-corrected chi connectivity index (χ0v) is 16.6. The highest BCUT2D eigenvalue weighted by Crippen LogP contribution is 2.25. The van der Waals surface area contributed by atoms with E-state index in [-0.39, 0.29) is 16.3 Å². The number of aliphatic hydroxyl groups is 1. The molecule has 0 aliphatic carbocycles. The fourth-order valence-corrected chi connectivity index (χ4v) is 3.79. The second kappa shape index (κ2) is 7.98. The average Bonchev–Trinajstić information content (AvgIpc) is 3.00. The maximum Gasteiger partial charge on any atom is 0.328 e. The van der Waals surface area contributed by atoms with Crippen molar-refractivity contribution in [2.75, 3.05) is 11.4 Å². The summed E-state index contributed by atoms with van der Waals surface area (Å²) in [6.07, 6.45) is -0.220. The lowest BCUT2D eigenvalue weighted by molar-refractivity contribution is -0.141. The number of benzene rings is 1. The van der Waals surface area contributed by atoms with Crippen LogP contribution in [0.5, 0.6) is 0 Å². The molecule has 10 nitrogen and oxygen atoms in total. The minimum atomic E-state index is -3.99. The van der Waals surface area contributed by atoms with Gasteiger partial charge in [0.1, 0.15) is 5.56 Å². The van der Waals surface area contributed by atoms with Crippen LogP contribution in [-0.2, 0) is 21.9 Å². The summed E-state index contributed by atoms with van der Waals surface area (Å²) in [6, 6.07) is 4.64. The molecule has 2 rings (SSSR count). The van der Waals surface area contributed by atoms with Gasteiger partial charge in [0.05, 0.1) is 17.2 Å². The van der Waals surface area contributed by atoms with E-state index in [0.29, 0.717) is 0 Å². The van der Waals surface area contributed by atoms with E-state index >= 15 is 0 Å². The molecule has 0 radical (unpaired) electrons. The highest BCUT2D eigenvalue weighted by atomic mass is 32.2. The highest BCUT2D eigenvalue weighted by molar-refractivity contribution is 7.92. The third kappa shape index (κ3) is 4.15. The zero-order valence-electron chi connectivity index (χ0n) is 15.8. The van der Waals surface area contributed by atoms with Gasteiger partial charge < -0.3 is 15.5 Å². The third-order valence-corrected chi connectivity index (χ3v) is 5.93. The van der Waals surface area contributed by atoms with E-state index in [1.54, 1.807) is 12.1 Å². The molecule has 1 heterocycles. The van der Waals surface area contributed by atoms with E-state index in [1.807, 2.05) is 6.92 Å². The van der Waals surface area contributed by atoms with Crippen LogP contribution in [0.15, 0.2) is 35.4 Å². The van der Waals surface area contributed by atoms with Gasteiger partial charge in [-0.3, -0.25) is 13.8 Å². The second-order valence-electron chi connectivity index (χ2n) is 6.32. The molecule has 0 aliphatic heterocycles. The van der Waals surface area contributed by atoms with Gasteiger partial charge in [-0.2, -0.15) is 5.10 Å². The lowest BCUT2D eigenvalue weighted by Gasteiger charge is -2.22. The van der Waals surface area contributed by atoms with Crippen molar-refractivity contribution in [3.63, 3.8) is 0 Å². The molecule has 1 amide bonds. The second-order valence-corrected chi connectivity index (χ2v) is 8.29. The Bertz CT molecular complexity index is 982. The van der Waals surface area contributed by atoms with Crippen molar-refractivity contribution >= 4 is 27.7 Å². The summed E-state index contributed by atoms with van der Waals surface area (Å²) in [5, 5.41) is 24.8. The first-order chi connectivity index (χ1) is 13.0. The van der Waals surface area contributed by atoms with Crippen LogP contribution < -0.4 is 9.62 Å². The van der Waals surface area contributed by atoms with Crippen LogP contribution in [0.4, 0.5) is 5.82 Å². The number of amides is 1. The Labute approximate surface area is 162 Å². The molecule has 0 bridgehead atoms. The Morgan fingerprint density at radius 2 is 1.82 bits per heavy atom. The number of aromatic nitrogens is 2. The van der Waals surface area contributed by atoms with E-state index in [0.717, 1.165) is 16.1 Å². The van der Waals surface area contributed by atoms with Gasteiger partial charge in [0.25, 0.3) is 15.9 Å². The summed E-state index contributed by atoms with van der Waals surface area (Å²) in [7, 11) is -1.27. The first-order valence-corrected chi connectivity index (χ1v) is 9.70. The summed E-state index contributed by atoms with van der Waals surface area (Å²) in [4.78, 5) is 23.8. The van der Waals surface area contributed by atoms with E-state index in [2.05, 4.69) is 10.4 Å². The van der Waals surface area contributed by atoms with Crippen molar-refractivity contribution in [3.8, 4) is 0 Å². The monoisotopic (exact) mass is 410 g/mol. The molecule has 11 heteroatoms. The predicted octanol–water partition coefficient (Wildman–Crippen LogP) is 0.117. The Morgan fingerprint density at radius 3 is 2.32 bits per heavy atom. The van der Waals surface area contributed by atoms with Crippen molar-refractivity contribution in [3.05, 3.63) is 41.6 Å². The molecular weight excluding hydrogens is 388 g/mol. The van der Waals surface area contributed by atoms with Crippen molar-refractivity contribution in [1.82, 2.24) is 15.1 Å². The molecule has 2 atom stereocenters. The molecule has 0 spiro atoms. The van der Waals surface area contributed by atoms with Crippen molar-refractivity contribution < 1.29 is 28.2 Å². The number of carbonyl (C=O) groups is 2. The molecule has 2 aromatic rings. The number of hydrogen-bond donors (Lipinski definition) is 3. The van der Waals surface area contributed by atoms with Gasteiger partial charge in [-0.05, 0) is 26.0 Å². The van der Waals surface area contributed by atoms with Gasteiger partial charge >= 0.3 is 5.97 Å². The quantitative estimate of drug-likeness (QED) is 0.588. The number of aliphatic hydroxyl groups excluding tert-OH is 1. The van der Waals surface area contributed by atoms with Gasteiger partial charge in [0.2, 0.25) is 0 Å². The van der Waals surface area contributed by atoms with Crippen molar-refractivity contribution in [1.29, 1.82) is 0 Å². The molecule has 0 aliphatic rings. The first kappa shape index (κ1) is 21.4. The number of nitrogens with zero attached hydrogens (tertiary/aromatic N) is 3. The maximum atomic E-state index is 12.9. The Hall–Kier alpha value is -2.92. The lowest BCUT2D eigenvalue weighted by Crippen LogP contribution is -2.47. The predicted molar refractivity (Wildman–Crippen MR) is 101 cm³/mol. The molecular formula is C17H22N4O6S. The molecule has 0 fully saturated rings. The third-order valence-electron chi connectivity index (χ3n) is 4.16. The molecule has 0 saturated carbocycles. The van der Waals surface area contributed by atoms with Gasteiger partial charge in [-0.1, -0.05) is 17.7 Å². The first-order valence-electron chi connectivity index (χ1n) is 8.26. The molecule has 3 N–H and O–H groups in total. The molecule has 0 saturated heterocycles. The molecule has 2 unspecified atom stereocenters. The number of carboxylic acid groups (broad SMARTS) is 1. The van der Waals surface area contributed by atoms with E-state index < -0.39 is 34.0 Å². The number of carbonyl (C=O) groups excluding carboxylic acids is 1. The number of aliphatic carboxylic acids is 1. The number of nitrogens with one attached hydrogen (secondary N) is 1. The highest BCUT2D eigenvalue weighted by Gasteiger charge is 2.31. The van der Waals surface area contributed by atoms with E-state index in [1.165, 1.54) is 37.8 Å². The number of hydrogen-bond acceptors (Lipinski definition) is 6. The molecule has 28 heavy (non-hydrogen) atoms. The minimum Gasteiger partial charge on any atom is -0.480 e. The summed E-state index contributed by atoms with van der Waals surface area (Å²) in [5.41, 5.74) is 0.743. The van der Waals surface area contributed by atoms with Crippen molar-refractivity contribution in [2.45, 2.75) is 30.9 Å². The topological polar surface area (TPSA) is 142 Å². The molecule has 1 aromatic carbocycles. The van der Waals surface area contributed by atoms with Crippen molar-refractivity contribution in [2.24, 2.45) is 7.05 Å². The van der Waals surface area contributed by atoms with Crippen LogP contribution >= 0.6 is 0 Å². The van der Waals surface area contributed by atoms with Gasteiger partial charge in [-0.15, -0.1) is 0 Å². The summed E-state index contributed by atoms with van der Waals surface area (Å²) in [6.45, 7) is 3.04. The Morgan fingerprint density at radius 1 is 1.25 bits per heavy atom. The lowest BCUT2D eigenvalue weighted by atomic mass is 10.1. The molecule has 1 aromatic heterocycles. The minimum absolute atomic E-state index is 0.0283. The van der Waals surface area contributed by atoms with Crippen LogP contribution in [-0.4, -0.2) is 59.5 Å². The maximum absolute atomic E-state index is 12.9. The molecule has 152 valence electrons. The summed E-state index contributed by atoms with van der Waals surface area (Å²) in [5.74, 6) is -2.34. The van der Waals surface area contributed by atoms with Gasteiger partial charge in [-0.25, -0.2) is 13.2 Å². The van der Waals surface area contributed by atoms with Crippen LogP contribution in [0.3, 0.4) is 0 Å². The van der Waals surface area contributed by atoms with Gasteiger partial charge in [0, 0.05) is 14.1 Å². The number of sulfonamides is 1. The Kier molecular flexibility index (Phi) is 6.10. The standard InChI is InChI=1S/C17H22N4O6S/c1-10-5-7-12(8-6-10)28(26,27)21(4)16-13(9-18-20(16)3)15(23)19-14(11(2)22)17(24)25/h5-9,11,14,22H,1-4H3,(H,19,23)(H,24,25). The number of carboxylic acids is 1. The van der Waals surface area contributed by atoms with Crippen LogP contribution in [0, 0.1) is 6.92 Å². The zero-order chi connectivity index (χ0) is 21.2. The number of aryl methyl sites for hydroxylation is 2. The van der Waals surface area contributed by atoms with E-state index in [9.17, 15) is 23.1 Å². The normalized spacial score (nSPS) is 13.6. The Balaban J connectivity index is 2.42. The van der Waals surface area contributed by atoms with Crippen LogP contribution in [0.25, 0.3) is 0 Å². The largest absolute Gasteiger partial charge is 0.480 e. The van der Waals surface area contributed by atoms with Crippen LogP contribution in [0.2, 0.25) is 0 Å². The smallest absolute Gasteiger partial charge is 0.328 e. The fraction of sp³-hybridized carbons (Fsp3) is 0.353. The fourth-order valence-electron chi connectivity index (χ4n) is 2.55. The van der Waals surface area contributed by atoms with E-state index in [4.69, 9.17) is 5.11 Å². The number of anilines is 1. The number of rotatable bonds is 7. The summed E-state index contributed by atoms with van der Waals surface area (Å²) < 4.78 is 27.9. The average molecular weight is 410 g/mol. The van der Waals surface area contributed by atoms with Crippen LogP contribution in [0.1, 0.15) is 22.8 Å².